The fourth-order valence-electron chi connectivity index (χ4n) is 0.901. The Bertz CT molecular complexity index is 289. The van der Waals surface area contributed by atoms with Crippen molar-refractivity contribution in [2.75, 3.05) is 6.67 Å². The topological polar surface area (TPSA) is 92.0 Å². The first-order chi connectivity index (χ1) is 6.08. The maximum absolute atomic E-state index is 12.3. The van der Waals surface area contributed by atoms with E-state index in [1.165, 1.54) is 12.5 Å². The average molecular weight is 203 g/mol. The van der Waals surface area contributed by atoms with E-state index in [2.05, 4.69) is 9.97 Å². The first kappa shape index (κ1) is 12.6. The summed E-state index contributed by atoms with van der Waals surface area (Å²) in [6.07, 6.45) is 2.70. The highest BCUT2D eigenvalue weighted by Gasteiger charge is 2.34. The molecule has 0 saturated carbocycles. The number of alkyl halides is 1. The normalized spacial score (nSPS) is 14.1. The van der Waals surface area contributed by atoms with Gasteiger partial charge in [0.1, 0.15) is 12.2 Å². The van der Waals surface area contributed by atoms with E-state index in [0.29, 0.717) is 5.69 Å². The van der Waals surface area contributed by atoms with Gasteiger partial charge >= 0.3 is 5.97 Å². The third kappa shape index (κ3) is 2.53. The van der Waals surface area contributed by atoms with Crippen LogP contribution in [0.4, 0.5) is 4.39 Å². The van der Waals surface area contributed by atoms with Gasteiger partial charge in [-0.05, 0) is 0 Å². The molecule has 1 atom stereocenters. The lowest BCUT2D eigenvalue weighted by Gasteiger charge is -2.19. The molecular formula is C8H14FN3O2. The molecule has 4 N–H and O–H groups in total. The number of carbonyl (C=O) groups is 1. The van der Waals surface area contributed by atoms with Crippen molar-refractivity contribution in [3.8, 4) is 0 Å². The van der Waals surface area contributed by atoms with Crippen molar-refractivity contribution in [1.82, 2.24) is 9.97 Å². The molecule has 5 nitrogen and oxygen atoms in total. The number of nitrogens with zero attached hydrogens (tertiary/aromatic N) is 1. The second-order valence-electron chi connectivity index (χ2n) is 2.85. The zero-order valence-electron chi connectivity index (χ0n) is 6.83. The second-order valence-corrected chi connectivity index (χ2v) is 2.85. The van der Waals surface area contributed by atoms with Crippen molar-refractivity contribution < 1.29 is 14.3 Å². The molecule has 0 unspecified atom stereocenters. The van der Waals surface area contributed by atoms with Crippen LogP contribution >= 0.6 is 0 Å². The van der Waals surface area contributed by atoms with Crippen LogP contribution in [-0.2, 0) is 11.2 Å². The Morgan fingerprint density at radius 2 is 2.43 bits per heavy atom. The smallest absolute Gasteiger partial charge is 0.326 e. The molecule has 6 heteroatoms. The number of nitrogens with two attached hydrogens (primary N) is 1. The molecule has 1 aromatic heterocycles. The van der Waals surface area contributed by atoms with Gasteiger partial charge in [0.25, 0.3) is 0 Å². The zero-order chi connectivity index (χ0) is 9.90. The maximum atomic E-state index is 12.3. The number of nitrogens with one attached hydrogen (secondary N) is 1. The first-order valence-corrected chi connectivity index (χ1v) is 3.64. The van der Waals surface area contributed by atoms with Gasteiger partial charge in [-0.3, -0.25) is 4.79 Å². The molecule has 14 heavy (non-hydrogen) atoms. The molecule has 0 radical (unpaired) electrons. The van der Waals surface area contributed by atoms with Crippen LogP contribution in [0.3, 0.4) is 0 Å². The van der Waals surface area contributed by atoms with Crippen LogP contribution in [0.2, 0.25) is 0 Å². The van der Waals surface area contributed by atoms with Crippen LogP contribution in [0.25, 0.3) is 0 Å². The molecule has 0 aliphatic rings. The van der Waals surface area contributed by atoms with Crippen molar-refractivity contribution in [2.24, 2.45) is 5.73 Å². The molecule has 1 heterocycles. The van der Waals surface area contributed by atoms with E-state index in [1.807, 2.05) is 0 Å². The lowest BCUT2D eigenvalue weighted by Crippen LogP contribution is -2.52. The summed E-state index contributed by atoms with van der Waals surface area (Å²) in [6.45, 7) is -1.11. The van der Waals surface area contributed by atoms with Crippen LogP contribution in [0.15, 0.2) is 12.5 Å². The fourth-order valence-corrected chi connectivity index (χ4v) is 0.901. The lowest BCUT2D eigenvalue weighted by atomic mass is 9.97. The minimum Gasteiger partial charge on any atom is -0.480 e. The van der Waals surface area contributed by atoms with Crippen LogP contribution in [0.1, 0.15) is 13.1 Å². The van der Waals surface area contributed by atoms with Gasteiger partial charge in [-0.2, -0.15) is 0 Å². The SMILES string of the molecule is C.N[C@@](CF)(Cc1cnc[nH]1)C(=O)O. The first-order valence-electron chi connectivity index (χ1n) is 3.64. The van der Waals surface area contributed by atoms with E-state index >= 15 is 0 Å². The molecule has 0 aliphatic heterocycles. The van der Waals surface area contributed by atoms with E-state index in [-0.39, 0.29) is 13.8 Å². The number of carboxylic acids is 1. The Balaban J connectivity index is 0.00000169. The predicted molar refractivity (Wildman–Crippen MR) is 49.6 cm³/mol. The van der Waals surface area contributed by atoms with Crippen LogP contribution < -0.4 is 5.73 Å². The van der Waals surface area contributed by atoms with Crippen molar-refractivity contribution in [2.45, 2.75) is 19.4 Å². The van der Waals surface area contributed by atoms with Gasteiger partial charge in [-0.15, -0.1) is 0 Å². The Morgan fingerprint density at radius 1 is 1.79 bits per heavy atom. The van der Waals surface area contributed by atoms with Crippen molar-refractivity contribution in [1.29, 1.82) is 0 Å². The summed E-state index contributed by atoms with van der Waals surface area (Å²) in [4.78, 5) is 16.9. The molecular weight excluding hydrogens is 189 g/mol. The molecule has 0 amide bonds. The molecule has 0 spiro atoms. The van der Waals surface area contributed by atoms with Crippen molar-refractivity contribution in [3.63, 3.8) is 0 Å². The van der Waals surface area contributed by atoms with E-state index in [9.17, 15) is 9.18 Å². The molecule has 1 rings (SSSR count). The van der Waals surface area contributed by atoms with Gasteiger partial charge in [-0.25, -0.2) is 9.37 Å². The maximum Gasteiger partial charge on any atom is 0.326 e. The third-order valence-corrected chi connectivity index (χ3v) is 1.73. The number of imidazole rings is 1. The Labute approximate surface area is 81.2 Å². The minimum absolute atomic E-state index is 0. The van der Waals surface area contributed by atoms with E-state index in [0.717, 1.165) is 0 Å². The number of aliphatic carboxylic acids is 1. The molecule has 80 valence electrons. The number of halogens is 1. The monoisotopic (exact) mass is 203 g/mol. The molecule has 0 fully saturated rings. The summed E-state index contributed by atoms with van der Waals surface area (Å²) in [5.41, 5.74) is 3.96. The van der Waals surface area contributed by atoms with Gasteiger partial charge in [0, 0.05) is 18.3 Å². The van der Waals surface area contributed by atoms with Gasteiger partial charge < -0.3 is 15.8 Å². The summed E-state index contributed by atoms with van der Waals surface area (Å²) < 4.78 is 12.3. The number of carboxylic acid groups (broad SMARTS) is 1. The van der Waals surface area contributed by atoms with Crippen LogP contribution in [-0.4, -0.2) is 33.3 Å². The second kappa shape index (κ2) is 4.71. The predicted octanol–water partition coefficient (Wildman–Crippen LogP) is 0.340. The number of hydrogen-bond acceptors (Lipinski definition) is 3. The summed E-state index contributed by atoms with van der Waals surface area (Å²) in [6, 6.07) is 0. The van der Waals surface area contributed by atoms with E-state index < -0.39 is 18.2 Å². The average Bonchev–Trinajstić information content (AvgIpc) is 2.56. The number of aromatic amines is 1. The molecule has 0 saturated heterocycles. The van der Waals surface area contributed by atoms with Gasteiger partial charge in [0.05, 0.1) is 6.33 Å². The highest BCUT2D eigenvalue weighted by atomic mass is 19.1. The number of rotatable bonds is 4. The highest BCUT2D eigenvalue weighted by Crippen LogP contribution is 2.09. The fraction of sp³-hybridized carbons (Fsp3) is 0.500. The lowest BCUT2D eigenvalue weighted by molar-refractivity contribution is -0.144. The summed E-state index contributed by atoms with van der Waals surface area (Å²) in [5, 5.41) is 8.63. The van der Waals surface area contributed by atoms with Crippen molar-refractivity contribution >= 4 is 5.97 Å². The third-order valence-electron chi connectivity index (χ3n) is 1.73. The molecule has 1 aromatic rings. The highest BCUT2D eigenvalue weighted by molar-refractivity contribution is 5.79. The zero-order valence-corrected chi connectivity index (χ0v) is 6.83. The van der Waals surface area contributed by atoms with Crippen molar-refractivity contribution in [3.05, 3.63) is 18.2 Å². The molecule has 0 aromatic carbocycles. The quantitative estimate of drug-likeness (QED) is 0.658. The Hall–Kier alpha value is -1.43. The van der Waals surface area contributed by atoms with Gasteiger partial charge in [0.2, 0.25) is 0 Å². The van der Waals surface area contributed by atoms with Crippen LogP contribution in [0.5, 0.6) is 0 Å². The van der Waals surface area contributed by atoms with E-state index in [4.69, 9.17) is 10.8 Å². The number of hydrogen-bond donors (Lipinski definition) is 3. The Morgan fingerprint density at radius 3 is 2.79 bits per heavy atom. The summed E-state index contributed by atoms with van der Waals surface area (Å²) >= 11 is 0. The molecule has 0 bridgehead atoms. The number of H-pyrrole nitrogens is 1. The Kier molecular flexibility index (Phi) is 4.23. The van der Waals surface area contributed by atoms with Gasteiger partial charge in [0.15, 0.2) is 0 Å². The van der Waals surface area contributed by atoms with Gasteiger partial charge in [-0.1, -0.05) is 7.43 Å². The van der Waals surface area contributed by atoms with Crippen LogP contribution in [0, 0.1) is 0 Å². The standard InChI is InChI=1S/C7H10FN3O2.CH4/c8-3-7(9,6(12)13)1-5-2-10-4-11-5;/h2,4H,1,3,9H2,(H,10,11)(H,12,13);1H4/t7-;/m1./s1. The minimum atomic E-state index is -1.85. The summed E-state index contributed by atoms with van der Waals surface area (Å²) in [7, 11) is 0. The number of aromatic nitrogens is 2. The summed E-state index contributed by atoms with van der Waals surface area (Å²) in [5.74, 6) is -1.36. The largest absolute Gasteiger partial charge is 0.480 e. The van der Waals surface area contributed by atoms with E-state index in [1.54, 1.807) is 0 Å². The molecule has 0 aliphatic carbocycles.